The number of halogens is 3. The van der Waals surface area contributed by atoms with Crippen LogP contribution in [-0.2, 0) is 12.7 Å². The molecule has 0 amide bonds. The Kier molecular flexibility index (Phi) is 2.66. The maximum Gasteiger partial charge on any atom is 0.431 e. The molecule has 1 aromatic carbocycles. The molecule has 0 radical (unpaired) electrons. The van der Waals surface area contributed by atoms with Gasteiger partial charge in [-0.05, 0) is 31.0 Å². The number of alkyl halides is 3. The van der Waals surface area contributed by atoms with Crippen molar-refractivity contribution in [3.63, 3.8) is 0 Å². The Bertz CT molecular complexity index is 567. The quantitative estimate of drug-likeness (QED) is 0.791. The van der Waals surface area contributed by atoms with E-state index in [0.29, 0.717) is 10.9 Å². The van der Waals surface area contributed by atoms with Crippen molar-refractivity contribution in [1.82, 2.24) is 4.98 Å². The van der Waals surface area contributed by atoms with Crippen molar-refractivity contribution in [1.29, 1.82) is 0 Å². The van der Waals surface area contributed by atoms with Crippen molar-refractivity contribution in [3.8, 4) is 0 Å². The lowest BCUT2D eigenvalue weighted by atomic mass is 10.0. The van der Waals surface area contributed by atoms with E-state index < -0.39 is 11.9 Å². The van der Waals surface area contributed by atoms with Crippen LogP contribution in [0.1, 0.15) is 22.4 Å². The Hall–Kier alpha value is -1.49. The van der Waals surface area contributed by atoms with Crippen molar-refractivity contribution in [2.45, 2.75) is 26.6 Å². The van der Waals surface area contributed by atoms with Gasteiger partial charge in [-0.3, -0.25) is 0 Å². The van der Waals surface area contributed by atoms with Gasteiger partial charge in [0.2, 0.25) is 0 Å². The molecule has 0 aliphatic carbocycles. The van der Waals surface area contributed by atoms with Crippen LogP contribution >= 0.6 is 0 Å². The topological polar surface area (TPSA) is 41.8 Å². The molecule has 2 aromatic rings. The summed E-state index contributed by atoms with van der Waals surface area (Å²) in [6.45, 7) is 3.52. The first-order valence-corrected chi connectivity index (χ1v) is 5.23. The van der Waals surface area contributed by atoms with E-state index in [-0.39, 0.29) is 12.1 Å². The maximum atomic E-state index is 12.8. The van der Waals surface area contributed by atoms with Gasteiger partial charge in [0.05, 0.1) is 0 Å². The number of benzene rings is 1. The van der Waals surface area contributed by atoms with Crippen LogP contribution in [0.4, 0.5) is 13.2 Å². The largest absolute Gasteiger partial charge is 0.431 e. The summed E-state index contributed by atoms with van der Waals surface area (Å²) in [7, 11) is 0. The lowest BCUT2D eigenvalue weighted by Crippen LogP contribution is -2.11. The van der Waals surface area contributed by atoms with Crippen LogP contribution in [0, 0.1) is 13.8 Å². The highest BCUT2D eigenvalue weighted by atomic mass is 19.4. The summed E-state index contributed by atoms with van der Waals surface area (Å²) in [5.74, 6) is 0. The Morgan fingerprint density at radius 3 is 2.41 bits per heavy atom. The number of aromatic nitrogens is 1. The Balaban J connectivity index is 2.85. The van der Waals surface area contributed by atoms with Gasteiger partial charge in [-0.1, -0.05) is 6.07 Å². The standard InChI is InChI=1S/C12H13F3N2/c1-6-3-7(2)10-8(5-16)11(12(13,14)15)17-9(10)4-6/h3-4,17H,5,16H2,1-2H3. The van der Waals surface area contributed by atoms with Crippen molar-refractivity contribution < 1.29 is 13.2 Å². The molecule has 0 unspecified atom stereocenters. The molecule has 0 aliphatic heterocycles. The van der Waals surface area contributed by atoms with Crippen LogP contribution < -0.4 is 5.73 Å². The molecule has 2 rings (SSSR count). The Morgan fingerprint density at radius 2 is 1.88 bits per heavy atom. The number of nitrogens with two attached hydrogens (primary N) is 1. The highest BCUT2D eigenvalue weighted by Gasteiger charge is 2.36. The third-order valence-corrected chi connectivity index (χ3v) is 2.83. The average Bonchev–Trinajstić information content (AvgIpc) is 2.55. The van der Waals surface area contributed by atoms with Gasteiger partial charge in [0, 0.05) is 23.0 Å². The molecule has 1 heterocycles. The number of H-pyrrole nitrogens is 1. The van der Waals surface area contributed by atoms with Gasteiger partial charge in [0.1, 0.15) is 5.69 Å². The van der Waals surface area contributed by atoms with E-state index in [2.05, 4.69) is 4.98 Å². The van der Waals surface area contributed by atoms with E-state index in [1.54, 1.807) is 13.0 Å². The minimum Gasteiger partial charge on any atom is -0.351 e. The van der Waals surface area contributed by atoms with E-state index in [9.17, 15) is 13.2 Å². The number of hydrogen-bond donors (Lipinski definition) is 2. The fourth-order valence-corrected chi connectivity index (χ4v) is 2.25. The summed E-state index contributed by atoms with van der Waals surface area (Å²) in [6.07, 6.45) is -4.39. The molecule has 1 aromatic heterocycles. The zero-order valence-corrected chi connectivity index (χ0v) is 9.57. The predicted molar refractivity (Wildman–Crippen MR) is 60.7 cm³/mol. The van der Waals surface area contributed by atoms with E-state index in [4.69, 9.17) is 5.73 Å². The fraction of sp³-hybridized carbons (Fsp3) is 0.333. The van der Waals surface area contributed by atoms with E-state index >= 15 is 0 Å². The second kappa shape index (κ2) is 3.77. The highest BCUT2D eigenvalue weighted by Crippen LogP contribution is 2.36. The number of nitrogens with one attached hydrogen (secondary N) is 1. The van der Waals surface area contributed by atoms with Crippen LogP contribution in [0.2, 0.25) is 0 Å². The second-order valence-electron chi connectivity index (χ2n) is 4.18. The molecule has 0 fully saturated rings. The van der Waals surface area contributed by atoms with Gasteiger partial charge in [-0.15, -0.1) is 0 Å². The van der Waals surface area contributed by atoms with Gasteiger partial charge >= 0.3 is 6.18 Å². The van der Waals surface area contributed by atoms with Crippen LogP contribution in [0.15, 0.2) is 12.1 Å². The molecule has 0 bridgehead atoms. The molecule has 5 heteroatoms. The number of fused-ring (bicyclic) bond motifs is 1. The molecule has 0 atom stereocenters. The SMILES string of the molecule is Cc1cc(C)c2c(CN)c(C(F)(F)F)[nH]c2c1. The number of aromatic amines is 1. The minimum absolute atomic E-state index is 0.126. The summed E-state index contributed by atoms with van der Waals surface area (Å²) in [6, 6.07) is 3.56. The van der Waals surface area contributed by atoms with Gasteiger partial charge in [-0.2, -0.15) is 13.2 Å². The zero-order chi connectivity index (χ0) is 12.8. The summed E-state index contributed by atoms with van der Waals surface area (Å²) < 4.78 is 38.5. The van der Waals surface area contributed by atoms with Crippen LogP contribution in [0.25, 0.3) is 10.9 Å². The van der Waals surface area contributed by atoms with Crippen molar-refractivity contribution in [2.75, 3.05) is 0 Å². The van der Waals surface area contributed by atoms with Gasteiger partial charge in [0.15, 0.2) is 0 Å². The summed E-state index contributed by atoms with van der Waals surface area (Å²) in [5, 5.41) is 0.588. The molecule has 0 saturated carbocycles. The lowest BCUT2D eigenvalue weighted by molar-refractivity contribution is -0.141. The van der Waals surface area contributed by atoms with Crippen molar-refractivity contribution >= 4 is 10.9 Å². The fourth-order valence-electron chi connectivity index (χ4n) is 2.25. The summed E-state index contributed by atoms with van der Waals surface area (Å²) >= 11 is 0. The molecule has 0 saturated heterocycles. The molecule has 17 heavy (non-hydrogen) atoms. The Labute approximate surface area is 96.6 Å². The second-order valence-corrected chi connectivity index (χ2v) is 4.18. The molecular formula is C12H13F3N2. The first-order valence-electron chi connectivity index (χ1n) is 5.23. The van der Waals surface area contributed by atoms with Gasteiger partial charge in [-0.25, -0.2) is 0 Å². The predicted octanol–water partition coefficient (Wildman–Crippen LogP) is 3.26. The monoisotopic (exact) mass is 242 g/mol. The molecule has 92 valence electrons. The molecule has 3 N–H and O–H groups in total. The molecule has 0 aliphatic rings. The van der Waals surface area contributed by atoms with Crippen LogP contribution in [0.5, 0.6) is 0 Å². The summed E-state index contributed by atoms with van der Waals surface area (Å²) in [5.41, 5.74) is 7.09. The highest BCUT2D eigenvalue weighted by molar-refractivity contribution is 5.88. The molecular weight excluding hydrogens is 229 g/mol. The third-order valence-electron chi connectivity index (χ3n) is 2.83. The first kappa shape index (κ1) is 12.0. The van der Waals surface area contributed by atoms with E-state index in [1.165, 1.54) is 0 Å². The minimum atomic E-state index is -4.39. The Morgan fingerprint density at radius 1 is 1.24 bits per heavy atom. The molecule has 0 spiro atoms. The normalized spacial score (nSPS) is 12.4. The third kappa shape index (κ3) is 1.91. The average molecular weight is 242 g/mol. The smallest absolute Gasteiger partial charge is 0.351 e. The van der Waals surface area contributed by atoms with Gasteiger partial charge in [0.25, 0.3) is 0 Å². The van der Waals surface area contributed by atoms with Crippen LogP contribution in [0.3, 0.4) is 0 Å². The van der Waals surface area contributed by atoms with Crippen molar-refractivity contribution in [3.05, 3.63) is 34.5 Å². The van der Waals surface area contributed by atoms with Crippen molar-refractivity contribution in [2.24, 2.45) is 5.73 Å². The summed E-state index contributed by atoms with van der Waals surface area (Å²) in [4.78, 5) is 2.43. The number of hydrogen-bond acceptors (Lipinski definition) is 1. The lowest BCUT2D eigenvalue weighted by Gasteiger charge is -2.06. The molecule has 2 nitrogen and oxygen atoms in total. The zero-order valence-electron chi connectivity index (χ0n) is 9.57. The number of rotatable bonds is 1. The van der Waals surface area contributed by atoms with Crippen LogP contribution in [-0.4, -0.2) is 4.98 Å². The van der Waals surface area contributed by atoms with E-state index in [0.717, 1.165) is 11.1 Å². The van der Waals surface area contributed by atoms with E-state index in [1.807, 2.05) is 13.0 Å². The number of aryl methyl sites for hydroxylation is 2. The maximum absolute atomic E-state index is 12.8. The first-order chi connectivity index (χ1) is 7.84. The van der Waals surface area contributed by atoms with Gasteiger partial charge < -0.3 is 10.7 Å².